The molecule has 0 spiro atoms. The molecular weight excluding hydrogens is 340 g/mol. The summed E-state index contributed by atoms with van der Waals surface area (Å²) < 4.78 is 0. The van der Waals surface area contributed by atoms with Crippen molar-refractivity contribution in [3.8, 4) is 0 Å². The van der Waals surface area contributed by atoms with Crippen LogP contribution in [0.25, 0.3) is 0 Å². The fourth-order valence-corrected chi connectivity index (χ4v) is 3.30. The number of hydrogen-bond acceptors (Lipinski definition) is 2. The van der Waals surface area contributed by atoms with E-state index < -0.39 is 0 Å². The summed E-state index contributed by atoms with van der Waals surface area (Å²) in [5.74, 6) is 0.311. The molecule has 4 heteroatoms. The minimum Gasteiger partial charge on any atom is -0.332 e. The first kappa shape index (κ1) is 20.4. The van der Waals surface area contributed by atoms with Crippen molar-refractivity contribution in [2.75, 3.05) is 5.32 Å². The summed E-state index contributed by atoms with van der Waals surface area (Å²) in [5.41, 5.74) is 2.11. The highest BCUT2D eigenvalue weighted by Gasteiger charge is 2.09. The smallest absolute Gasteiger partial charge is 0.226 e. The fourth-order valence-electron chi connectivity index (χ4n) is 3.07. The van der Waals surface area contributed by atoms with Crippen LogP contribution < -0.4 is 10.6 Å². The zero-order valence-corrected chi connectivity index (χ0v) is 16.5. The van der Waals surface area contributed by atoms with Gasteiger partial charge in [0.25, 0.3) is 0 Å². The molecule has 2 rings (SSSR count). The molecule has 0 saturated carbocycles. The molecule has 1 aliphatic rings. The van der Waals surface area contributed by atoms with Gasteiger partial charge in [0.2, 0.25) is 5.91 Å². The number of carbonyl (C=O) groups excluding carboxylic acids is 1. The minimum atomic E-state index is -0.00567. The van der Waals surface area contributed by atoms with E-state index in [0.29, 0.717) is 17.5 Å². The fraction of sp³-hybridized carbons (Fsp3) is 0.455. The second-order valence-electron chi connectivity index (χ2n) is 6.79. The van der Waals surface area contributed by atoms with E-state index in [4.69, 9.17) is 12.2 Å². The predicted octanol–water partition coefficient (Wildman–Crippen LogP) is 5.85. The molecule has 2 N–H and O–H groups in total. The number of nitrogens with one attached hydrogen (secondary N) is 2. The molecule has 0 atom stereocenters. The molecule has 1 aromatic rings. The minimum absolute atomic E-state index is 0.00567. The zero-order chi connectivity index (χ0) is 18.6. The Morgan fingerprint density at radius 3 is 2.46 bits per heavy atom. The Labute approximate surface area is 163 Å². The number of unbranched alkanes of at least 4 members (excludes halogenated alkanes) is 6. The third kappa shape index (κ3) is 7.52. The van der Waals surface area contributed by atoms with E-state index in [-0.39, 0.29) is 5.91 Å². The second-order valence-corrected chi connectivity index (χ2v) is 7.20. The van der Waals surface area contributed by atoms with Gasteiger partial charge in [0.1, 0.15) is 0 Å². The summed E-state index contributed by atoms with van der Waals surface area (Å²) in [6, 6.07) is 8.12. The Morgan fingerprint density at radius 2 is 1.73 bits per heavy atom. The number of carbonyl (C=O) groups is 1. The number of amides is 1. The zero-order valence-electron chi connectivity index (χ0n) is 15.7. The molecule has 0 aromatic heterocycles. The number of benzene rings is 1. The number of allylic oxidation sites excluding steroid dienone is 4. The maximum Gasteiger partial charge on any atom is 0.226 e. The van der Waals surface area contributed by atoms with E-state index in [1.54, 1.807) is 0 Å². The number of rotatable bonds is 10. The lowest BCUT2D eigenvalue weighted by Crippen LogP contribution is -2.33. The predicted molar refractivity (Wildman–Crippen MR) is 114 cm³/mol. The molecule has 0 heterocycles. The summed E-state index contributed by atoms with van der Waals surface area (Å²) in [4.78, 5) is 12.0. The van der Waals surface area contributed by atoms with Crippen LogP contribution in [0.4, 0.5) is 5.69 Å². The normalized spacial score (nSPS) is 13.1. The van der Waals surface area contributed by atoms with Crippen molar-refractivity contribution in [3.05, 3.63) is 54.1 Å². The molecule has 0 unspecified atom stereocenters. The van der Waals surface area contributed by atoms with Crippen molar-refractivity contribution in [2.24, 2.45) is 0 Å². The van der Waals surface area contributed by atoms with Crippen LogP contribution in [0.3, 0.4) is 0 Å². The van der Waals surface area contributed by atoms with Crippen LogP contribution in [0.2, 0.25) is 0 Å². The Bertz CT molecular complexity index is 639. The third-order valence-corrected chi connectivity index (χ3v) is 4.74. The van der Waals surface area contributed by atoms with E-state index in [9.17, 15) is 4.79 Å². The van der Waals surface area contributed by atoms with Gasteiger partial charge in [0, 0.05) is 18.0 Å². The topological polar surface area (TPSA) is 41.1 Å². The van der Waals surface area contributed by atoms with Crippen LogP contribution in [0.15, 0.2) is 48.6 Å². The molecule has 1 aromatic carbocycles. The van der Waals surface area contributed by atoms with Gasteiger partial charge < -0.3 is 10.6 Å². The van der Waals surface area contributed by atoms with Gasteiger partial charge in [0.05, 0.1) is 0 Å². The lowest BCUT2D eigenvalue weighted by Gasteiger charge is -2.12. The van der Waals surface area contributed by atoms with E-state index in [0.717, 1.165) is 18.5 Å². The summed E-state index contributed by atoms with van der Waals surface area (Å²) >= 11 is 5.27. The first-order valence-corrected chi connectivity index (χ1v) is 10.2. The van der Waals surface area contributed by atoms with E-state index >= 15 is 0 Å². The molecule has 0 bridgehead atoms. The Balaban J connectivity index is 1.66. The molecule has 1 aliphatic carbocycles. The van der Waals surface area contributed by atoms with E-state index in [1.165, 1.54) is 37.7 Å². The first-order chi connectivity index (χ1) is 12.7. The van der Waals surface area contributed by atoms with Gasteiger partial charge in [-0.25, -0.2) is 0 Å². The highest BCUT2D eigenvalue weighted by Crippen LogP contribution is 2.25. The molecule has 0 fully saturated rings. The monoisotopic (exact) mass is 370 g/mol. The summed E-state index contributed by atoms with van der Waals surface area (Å²) in [6.07, 6.45) is 17.4. The van der Waals surface area contributed by atoms with Gasteiger partial charge in [-0.3, -0.25) is 4.79 Å². The summed E-state index contributed by atoms with van der Waals surface area (Å²) in [6.45, 7) is 2.22. The van der Waals surface area contributed by atoms with Crippen molar-refractivity contribution >= 4 is 28.9 Å². The molecule has 3 nitrogen and oxygen atoms in total. The van der Waals surface area contributed by atoms with Gasteiger partial charge in [-0.15, -0.1) is 0 Å². The van der Waals surface area contributed by atoms with Crippen LogP contribution >= 0.6 is 12.2 Å². The van der Waals surface area contributed by atoms with Crippen molar-refractivity contribution in [1.29, 1.82) is 0 Å². The Kier molecular flexibility index (Phi) is 9.11. The number of thiocarbonyl (C=S) groups is 1. The lowest BCUT2D eigenvalue weighted by molar-refractivity contribution is -0.119. The van der Waals surface area contributed by atoms with Crippen LogP contribution in [-0.2, 0) is 4.79 Å². The molecule has 0 saturated heterocycles. The summed E-state index contributed by atoms with van der Waals surface area (Å²) in [7, 11) is 0. The van der Waals surface area contributed by atoms with Gasteiger partial charge >= 0.3 is 0 Å². The molecular formula is C22H30N2OS. The molecule has 0 radical (unpaired) electrons. The van der Waals surface area contributed by atoms with E-state index in [1.807, 2.05) is 12.1 Å². The van der Waals surface area contributed by atoms with Crippen LogP contribution in [-0.4, -0.2) is 11.0 Å². The molecule has 0 aliphatic heterocycles. The first-order valence-electron chi connectivity index (χ1n) is 9.75. The Morgan fingerprint density at radius 1 is 1.04 bits per heavy atom. The van der Waals surface area contributed by atoms with Crippen molar-refractivity contribution in [2.45, 2.75) is 64.2 Å². The van der Waals surface area contributed by atoms with Crippen molar-refractivity contribution in [3.63, 3.8) is 0 Å². The van der Waals surface area contributed by atoms with Crippen LogP contribution in [0.1, 0.15) is 69.8 Å². The molecule has 140 valence electrons. The number of hydrogen-bond donors (Lipinski definition) is 2. The van der Waals surface area contributed by atoms with Crippen LogP contribution in [0.5, 0.6) is 0 Å². The second kappa shape index (κ2) is 11.6. The van der Waals surface area contributed by atoms with Crippen molar-refractivity contribution in [1.82, 2.24) is 5.32 Å². The average Bonchev–Trinajstić information content (AvgIpc) is 3.16. The van der Waals surface area contributed by atoms with Gasteiger partial charge in [-0.1, -0.05) is 81.9 Å². The highest BCUT2D eigenvalue weighted by atomic mass is 32.1. The third-order valence-electron chi connectivity index (χ3n) is 4.54. The average molecular weight is 371 g/mol. The summed E-state index contributed by atoms with van der Waals surface area (Å²) in [5, 5.41) is 6.26. The quantitative estimate of drug-likeness (QED) is 0.401. The standard InChI is InChI=1S/C22H30N2OS/c1-2-3-4-5-6-7-8-16-21(25)24-22(26)23-20-15-11-14-19(17-20)18-12-9-10-13-18/h9-15,17-18H,2-8,16H2,1H3,(H2,23,24,25,26). The SMILES string of the molecule is CCCCCCCCCC(=O)NC(=S)Nc1cccc(C2C=CC=C2)c1. The number of anilines is 1. The van der Waals surface area contributed by atoms with Gasteiger partial charge in [-0.05, 0) is 36.3 Å². The largest absolute Gasteiger partial charge is 0.332 e. The molecule has 1 amide bonds. The van der Waals surface area contributed by atoms with Crippen molar-refractivity contribution < 1.29 is 4.79 Å². The van der Waals surface area contributed by atoms with Gasteiger partial charge in [0.15, 0.2) is 5.11 Å². The highest BCUT2D eigenvalue weighted by molar-refractivity contribution is 7.80. The Hall–Kier alpha value is -1.94. The van der Waals surface area contributed by atoms with Crippen LogP contribution in [0, 0.1) is 0 Å². The maximum absolute atomic E-state index is 12.0. The molecule has 26 heavy (non-hydrogen) atoms. The lowest BCUT2D eigenvalue weighted by atomic mass is 10.0. The van der Waals surface area contributed by atoms with E-state index in [2.05, 4.69) is 54.0 Å². The van der Waals surface area contributed by atoms with Gasteiger partial charge in [-0.2, -0.15) is 0 Å². The maximum atomic E-state index is 12.0.